The second kappa shape index (κ2) is 11.3. The molecule has 3 aromatic carbocycles. The molecule has 0 spiro atoms. The van der Waals surface area contributed by atoms with Crippen LogP contribution >= 0.6 is 11.6 Å². The van der Waals surface area contributed by atoms with Gasteiger partial charge < -0.3 is 19.3 Å². The fourth-order valence-corrected chi connectivity index (χ4v) is 4.84. The van der Waals surface area contributed by atoms with Crippen molar-refractivity contribution in [3.8, 4) is 11.5 Å². The summed E-state index contributed by atoms with van der Waals surface area (Å²) in [5.74, 6) is -3.05. The highest BCUT2D eigenvalue weighted by atomic mass is 35.5. The Morgan fingerprint density at radius 3 is 2.34 bits per heavy atom. The fourth-order valence-electron chi connectivity index (χ4n) is 3.45. The minimum atomic E-state index is -5.03. The summed E-state index contributed by atoms with van der Waals surface area (Å²) in [5.41, 5.74) is -1.17. The van der Waals surface area contributed by atoms with E-state index in [0.29, 0.717) is 5.56 Å². The third kappa shape index (κ3) is 6.75. The second-order valence-electron chi connectivity index (χ2n) is 9.00. The SMILES string of the molecule is COc1ccc2cc(OCc3ccccc3)c(N(CC(=O)O)S(=O)(=O)NC(=O)OC(C)(C)C)c(F)c2c1Cl. The number of methoxy groups -OCH3 is 1. The van der Waals surface area contributed by atoms with Crippen LogP contribution in [0, 0.1) is 5.82 Å². The maximum absolute atomic E-state index is 16.2. The number of anilines is 1. The first-order valence-corrected chi connectivity index (χ1v) is 13.0. The first-order valence-electron chi connectivity index (χ1n) is 11.1. The smallest absolute Gasteiger partial charge is 0.422 e. The van der Waals surface area contributed by atoms with Crippen molar-refractivity contribution in [3.63, 3.8) is 0 Å². The second-order valence-corrected chi connectivity index (χ2v) is 11.0. The zero-order valence-electron chi connectivity index (χ0n) is 20.9. The van der Waals surface area contributed by atoms with E-state index in [1.54, 1.807) is 35.1 Å². The third-order valence-corrected chi connectivity index (χ3v) is 6.66. The van der Waals surface area contributed by atoms with Crippen LogP contribution in [0.3, 0.4) is 0 Å². The van der Waals surface area contributed by atoms with Crippen LogP contribution in [0.2, 0.25) is 5.02 Å². The number of carboxylic acids is 1. The molecular formula is C25H26ClFN2O8S. The Morgan fingerprint density at radius 1 is 1.11 bits per heavy atom. The number of benzene rings is 3. The predicted molar refractivity (Wildman–Crippen MR) is 140 cm³/mol. The van der Waals surface area contributed by atoms with Crippen molar-refractivity contribution in [2.75, 3.05) is 18.0 Å². The lowest BCUT2D eigenvalue weighted by atomic mass is 10.1. The number of ether oxygens (including phenoxy) is 3. The average Bonchev–Trinajstić information content (AvgIpc) is 2.80. The molecule has 1 amide bonds. The largest absolute Gasteiger partial charge is 0.495 e. The van der Waals surface area contributed by atoms with Gasteiger partial charge in [0.05, 0.1) is 12.1 Å². The standard InChI is InChI=1S/C25H26ClFN2O8S/c1-25(2,3)37-24(32)28-38(33,34)29(13-19(30)31)23-18(36-14-15-8-6-5-7-9-15)12-16-10-11-17(35-4)21(26)20(16)22(23)27/h5-12H,13-14H2,1-4H3,(H,28,32)(H,30,31). The average molecular weight is 569 g/mol. The van der Waals surface area contributed by atoms with Crippen LogP contribution in [0.4, 0.5) is 14.9 Å². The molecule has 2 N–H and O–H groups in total. The normalized spacial score (nSPS) is 11.6. The molecular weight excluding hydrogens is 543 g/mol. The Morgan fingerprint density at radius 2 is 1.76 bits per heavy atom. The molecule has 3 rings (SSSR count). The number of hydrogen-bond acceptors (Lipinski definition) is 7. The van der Waals surface area contributed by atoms with Crippen LogP contribution in [-0.4, -0.2) is 44.8 Å². The number of rotatable bonds is 9. The molecule has 10 nitrogen and oxygen atoms in total. The highest BCUT2D eigenvalue weighted by molar-refractivity contribution is 7.91. The lowest BCUT2D eigenvalue weighted by Gasteiger charge is -2.27. The van der Waals surface area contributed by atoms with Gasteiger partial charge in [-0.15, -0.1) is 0 Å². The summed E-state index contributed by atoms with van der Waals surface area (Å²) in [6.45, 7) is 3.14. The summed E-state index contributed by atoms with van der Waals surface area (Å²) in [5, 5.41) is 9.32. The first-order chi connectivity index (χ1) is 17.7. The van der Waals surface area contributed by atoms with Gasteiger partial charge in [0.2, 0.25) is 0 Å². The van der Waals surface area contributed by atoms with Crippen molar-refractivity contribution in [1.82, 2.24) is 4.72 Å². The van der Waals surface area contributed by atoms with Crippen molar-refractivity contribution in [2.45, 2.75) is 33.0 Å². The molecule has 0 heterocycles. The number of amides is 1. The van der Waals surface area contributed by atoms with E-state index in [0.717, 1.165) is 0 Å². The predicted octanol–water partition coefficient (Wildman–Crippen LogP) is 4.88. The van der Waals surface area contributed by atoms with Gasteiger partial charge in [0.15, 0.2) is 5.82 Å². The van der Waals surface area contributed by atoms with Gasteiger partial charge in [0, 0.05) is 5.39 Å². The van der Waals surface area contributed by atoms with Gasteiger partial charge in [-0.05, 0) is 43.9 Å². The molecule has 0 aliphatic heterocycles. The van der Waals surface area contributed by atoms with E-state index in [4.69, 9.17) is 25.8 Å². The highest BCUT2D eigenvalue weighted by Gasteiger charge is 2.35. The maximum atomic E-state index is 16.2. The van der Waals surface area contributed by atoms with Crippen molar-refractivity contribution in [1.29, 1.82) is 0 Å². The highest BCUT2D eigenvalue weighted by Crippen LogP contribution is 2.43. The van der Waals surface area contributed by atoms with Crippen molar-refractivity contribution >= 4 is 50.3 Å². The van der Waals surface area contributed by atoms with Gasteiger partial charge in [-0.25, -0.2) is 18.2 Å². The quantitative estimate of drug-likeness (QED) is 0.373. The van der Waals surface area contributed by atoms with Crippen molar-refractivity contribution in [3.05, 3.63) is 64.9 Å². The van der Waals surface area contributed by atoms with E-state index in [-0.39, 0.29) is 38.2 Å². The van der Waals surface area contributed by atoms with Gasteiger partial charge in [-0.1, -0.05) is 48.0 Å². The molecule has 38 heavy (non-hydrogen) atoms. The topological polar surface area (TPSA) is 131 Å². The van der Waals surface area contributed by atoms with Crippen LogP contribution < -0.4 is 18.5 Å². The number of aliphatic carboxylic acids is 1. The van der Waals surface area contributed by atoms with Crippen molar-refractivity contribution < 1.29 is 41.7 Å². The van der Waals surface area contributed by atoms with Crippen molar-refractivity contribution in [2.24, 2.45) is 0 Å². The van der Waals surface area contributed by atoms with Gasteiger partial charge in [-0.2, -0.15) is 8.42 Å². The number of hydrogen-bond donors (Lipinski definition) is 2. The first kappa shape index (κ1) is 28.8. The van der Waals surface area contributed by atoms with Gasteiger partial charge in [0.25, 0.3) is 0 Å². The Balaban J connectivity index is 2.23. The Kier molecular flexibility index (Phi) is 8.58. The summed E-state index contributed by atoms with van der Waals surface area (Å²) in [4.78, 5) is 24.0. The Labute approximate surface area is 224 Å². The van der Waals surface area contributed by atoms with E-state index in [2.05, 4.69) is 0 Å². The molecule has 0 saturated carbocycles. The molecule has 0 unspecified atom stereocenters. The molecule has 0 bridgehead atoms. The van der Waals surface area contributed by atoms with Crippen LogP contribution in [0.5, 0.6) is 11.5 Å². The molecule has 0 fully saturated rings. The molecule has 0 saturated heterocycles. The summed E-state index contributed by atoms with van der Waals surface area (Å²) in [7, 11) is -3.72. The summed E-state index contributed by atoms with van der Waals surface area (Å²) >= 11 is 6.35. The number of carboxylic acid groups (broad SMARTS) is 1. The Bertz CT molecular complexity index is 1460. The van der Waals surface area contributed by atoms with E-state index >= 15 is 4.39 Å². The fraction of sp³-hybridized carbons (Fsp3) is 0.280. The van der Waals surface area contributed by atoms with Crippen LogP contribution in [0.1, 0.15) is 26.3 Å². The number of carbonyl (C=O) groups excluding carboxylic acids is 1. The number of fused-ring (bicyclic) bond motifs is 1. The summed E-state index contributed by atoms with van der Waals surface area (Å²) < 4.78 is 60.4. The van der Waals surface area contributed by atoms with Crippen LogP contribution in [0.25, 0.3) is 10.8 Å². The Hall–Kier alpha value is -3.77. The molecule has 0 atom stereocenters. The minimum Gasteiger partial charge on any atom is -0.495 e. The molecule has 204 valence electrons. The number of halogens is 2. The summed E-state index contributed by atoms with van der Waals surface area (Å²) in [6.07, 6.45) is -1.39. The van der Waals surface area contributed by atoms with Gasteiger partial charge >= 0.3 is 22.3 Å². The van der Waals surface area contributed by atoms with E-state index in [9.17, 15) is 23.1 Å². The molecule has 0 radical (unpaired) electrons. The number of carbonyl (C=O) groups is 2. The summed E-state index contributed by atoms with van der Waals surface area (Å²) in [6, 6.07) is 13.0. The lowest BCUT2D eigenvalue weighted by Crippen LogP contribution is -2.47. The molecule has 3 aromatic rings. The molecule has 0 aromatic heterocycles. The zero-order valence-corrected chi connectivity index (χ0v) is 22.5. The van der Waals surface area contributed by atoms with E-state index in [1.807, 2.05) is 0 Å². The molecule has 0 aliphatic rings. The number of nitrogens with zero attached hydrogens (tertiary/aromatic N) is 1. The van der Waals surface area contributed by atoms with E-state index in [1.165, 1.54) is 46.1 Å². The van der Waals surface area contributed by atoms with Gasteiger partial charge in [-0.3, -0.25) is 4.79 Å². The lowest BCUT2D eigenvalue weighted by molar-refractivity contribution is -0.135. The van der Waals surface area contributed by atoms with Crippen LogP contribution in [-0.2, 0) is 26.3 Å². The molecule has 13 heteroatoms. The van der Waals surface area contributed by atoms with E-state index < -0.39 is 45.9 Å². The molecule has 0 aliphatic carbocycles. The zero-order chi connectivity index (χ0) is 28.3. The maximum Gasteiger partial charge on any atom is 0.422 e. The van der Waals surface area contributed by atoms with Crippen LogP contribution in [0.15, 0.2) is 48.5 Å². The van der Waals surface area contributed by atoms with Gasteiger partial charge in [0.1, 0.15) is 35.9 Å². The number of nitrogens with one attached hydrogen (secondary N) is 1. The third-order valence-electron chi connectivity index (χ3n) is 4.97. The monoisotopic (exact) mass is 568 g/mol. The minimum absolute atomic E-state index is 0.0986.